The van der Waals surface area contributed by atoms with Crippen molar-refractivity contribution in [2.45, 2.75) is 0 Å². The average Bonchev–Trinajstić information content (AvgIpc) is 3.62. The summed E-state index contributed by atoms with van der Waals surface area (Å²) < 4.78 is 6.43. The topological polar surface area (TPSA) is 51.8 Å². The molecule has 0 saturated heterocycles. The van der Waals surface area contributed by atoms with Gasteiger partial charge < -0.3 is 4.42 Å². The predicted octanol–water partition coefficient (Wildman–Crippen LogP) is 13.1. The minimum atomic E-state index is 0.649. The van der Waals surface area contributed by atoms with E-state index in [0.717, 1.165) is 65.9 Å². The van der Waals surface area contributed by atoms with Gasteiger partial charge in [0, 0.05) is 32.8 Å². The summed E-state index contributed by atoms with van der Waals surface area (Å²) in [6, 6.07) is 61.7. The maximum atomic E-state index is 6.43. The second-order valence-corrected chi connectivity index (χ2v) is 13.5. The molecule has 9 aromatic carbocycles. The molecule has 0 aliphatic carbocycles. The molecule has 4 nitrogen and oxygen atoms in total. The Hall–Kier alpha value is -7.17. The highest BCUT2D eigenvalue weighted by Gasteiger charge is 2.17. The highest BCUT2D eigenvalue weighted by Crippen LogP contribution is 2.41. The van der Waals surface area contributed by atoms with Gasteiger partial charge in [-0.3, -0.25) is 0 Å². The molecule has 0 bridgehead atoms. The molecule has 0 spiro atoms. The lowest BCUT2D eigenvalue weighted by atomic mass is 9.91. The van der Waals surface area contributed by atoms with Gasteiger partial charge in [-0.05, 0) is 79.2 Å². The number of aromatic nitrogens is 3. The Morgan fingerprint density at radius 2 is 0.849 bits per heavy atom. The van der Waals surface area contributed by atoms with E-state index < -0.39 is 0 Å². The minimum absolute atomic E-state index is 0.649. The molecule has 0 fully saturated rings. The third-order valence-corrected chi connectivity index (χ3v) is 10.5. The first-order valence-electron chi connectivity index (χ1n) is 17.9. The quantitative estimate of drug-likeness (QED) is 0.174. The molecule has 0 radical (unpaired) electrons. The van der Waals surface area contributed by atoms with Crippen LogP contribution in [0.25, 0.3) is 110 Å². The molecule has 11 rings (SSSR count). The number of rotatable bonds is 4. The number of nitrogens with zero attached hydrogens (tertiary/aromatic N) is 3. The van der Waals surface area contributed by atoms with Crippen molar-refractivity contribution in [3.8, 4) is 45.3 Å². The molecule has 0 saturated carbocycles. The highest BCUT2D eigenvalue weighted by atomic mass is 16.3. The van der Waals surface area contributed by atoms with Crippen molar-refractivity contribution < 1.29 is 4.42 Å². The van der Waals surface area contributed by atoms with Crippen LogP contribution in [0.4, 0.5) is 0 Å². The van der Waals surface area contributed by atoms with Crippen LogP contribution in [-0.4, -0.2) is 15.0 Å². The Morgan fingerprint density at radius 3 is 1.60 bits per heavy atom. The van der Waals surface area contributed by atoms with Gasteiger partial charge in [0.2, 0.25) is 0 Å². The van der Waals surface area contributed by atoms with E-state index in [1.54, 1.807) is 0 Å². The molecule has 0 aliphatic heterocycles. The van der Waals surface area contributed by atoms with Crippen LogP contribution < -0.4 is 0 Å². The van der Waals surface area contributed by atoms with Crippen LogP contribution in [-0.2, 0) is 0 Å². The standard InChI is InChI=1S/C49H29N3O/c1-3-11-31(12-4-1)47-50-48(32-13-5-2-6-14-32)52-49(51-47)43-28-25-35(37-15-7-8-16-38(37)43)33-22-23-36-34(29-33)20-19-30-21-24-42-40(45(30)36)26-27-41-39-17-9-10-18-44(39)53-46(41)42/h1-29H. The minimum Gasteiger partial charge on any atom is -0.455 e. The fraction of sp³-hybridized carbons (Fsp3) is 0. The number of furan rings is 1. The second kappa shape index (κ2) is 11.7. The Labute approximate surface area is 304 Å². The van der Waals surface area contributed by atoms with Crippen molar-refractivity contribution in [3.05, 3.63) is 176 Å². The van der Waals surface area contributed by atoms with Crippen molar-refractivity contribution in [2.24, 2.45) is 0 Å². The molecule has 4 heteroatoms. The Bertz CT molecular complexity index is 3160. The first-order valence-corrected chi connectivity index (χ1v) is 17.9. The molecule has 2 aromatic heterocycles. The second-order valence-electron chi connectivity index (χ2n) is 13.5. The summed E-state index contributed by atoms with van der Waals surface area (Å²) in [5.41, 5.74) is 7.05. The summed E-state index contributed by atoms with van der Waals surface area (Å²) in [5, 5.41) is 11.7. The molecule has 53 heavy (non-hydrogen) atoms. The zero-order valence-corrected chi connectivity index (χ0v) is 28.5. The number of hydrogen-bond acceptors (Lipinski definition) is 4. The van der Waals surface area contributed by atoms with Crippen molar-refractivity contribution in [1.29, 1.82) is 0 Å². The summed E-state index contributed by atoms with van der Waals surface area (Å²) in [6.07, 6.45) is 0. The molecular weight excluding hydrogens is 647 g/mol. The number of benzene rings is 9. The van der Waals surface area contributed by atoms with Gasteiger partial charge in [-0.25, -0.2) is 15.0 Å². The van der Waals surface area contributed by atoms with Gasteiger partial charge >= 0.3 is 0 Å². The van der Waals surface area contributed by atoms with E-state index in [-0.39, 0.29) is 0 Å². The normalized spacial score (nSPS) is 11.8. The maximum Gasteiger partial charge on any atom is 0.164 e. The molecule has 2 heterocycles. The molecule has 0 aliphatic rings. The van der Waals surface area contributed by atoms with E-state index in [2.05, 4.69) is 103 Å². The van der Waals surface area contributed by atoms with Gasteiger partial charge in [0.25, 0.3) is 0 Å². The molecule has 0 N–H and O–H groups in total. The van der Waals surface area contributed by atoms with Gasteiger partial charge in [-0.2, -0.15) is 0 Å². The van der Waals surface area contributed by atoms with Gasteiger partial charge in [0.05, 0.1) is 0 Å². The van der Waals surface area contributed by atoms with Crippen LogP contribution in [0.3, 0.4) is 0 Å². The van der Waals surface area contributed by atoms with E-state index in [0.29, 0.717) is 17.5 Å². The number of fused-ring (bicyclic) bond motifs is 10. The summed E-state index contributed by atoms with van der Waals surface area (Å²) in [7, 11) is 0. The summed E-state index contributed by atoms with van der Waals surface area (Å²) in [6.45, 7) is 0. The van der Waals surface area contributed by atoms with Crippen molar-refractivity contribution in [1.82, 2.24) is 15.0 Å². The van der Waals surface area contributed by atoms with Crippen LogP contribution >= 0.6 is 0 Å². The highest BCUT2D eigenvalue weighted by molar-refractivity contribution is 6.26. The van der Waals surface area contributed by atoms with Gasteiger partial charge in [0.1, 0.15) is 11.2 Å². The molecular formula is C49H29N3O. The fourth-order valence-corrected chi connectivity index (χ4v) is 7.99. The Morgan fingerprint density at radius 1 is 0.321 bits per heavy atom. The lowest BCUT2D eigenvalue weighted by Gasteiger charge is -2.14. The summed E-state index contributed by atoms with van der Waals surface area (Å²) in [5.74, 6) is 1.95. The van der Waals surface area contributed by atoms with Crippen molar-refractivity contribution >= 4 is 65.0 Å². The first-order chi connectivity index (χ1) is 26.3. The Balaban J connectivity index is 1.08. The van der Waals surface area contributed by atoms with Crippen LogP contribution in [0.15, 0.2) is 180 Å². The zero-order chi connectivity index (χ0) is 34.9. The largest absolute Gasteiger partial charge is 0.455 e. The van der Waals surface area contributed by atoms with Gasteiger partial charge in [-0.1, -0.05) is 146 Å². The zero-order valence-electron chi connectivity index (χ0n) is 28.5. The van der Waals surface area contributed by atoms with Gasteiger partial charge in [0.15, 0.2) is 17.5 Å². The SMILES string of the molecule is c1ccc(-c2nc(-c3ccccc3)nc(-c3ccc(-c4ccc5c(ccc6ccc7c(ccc8c9ccccc9oc87)c65)c4)c4ccccc34)n2)cc1. The lowest BCUT2D eigenvalue weighted by Crippen LogP contribution is -2.00. The Kier molecular flexibility index (Phi) is 6.52. The maximum absolute atomic E-state index is 6.43. The third-order valence-electron chi connectivity index (χ3n) is 10.5. The fourth-order valence-electron chi connectivity index (χ4n) is 7.99. The molecule has 246 valence electrons. The van der Waals surface area contributed by atoms with Crippen LogP contribution in [0, 0.1) is 0 Å². The lowest BCUT2D eigenvalue weighted by molar-refractivity contribution is 0.672. The average molecular weight is 676 g/mol. The smallest absolute Gasteiger partial charge is 0.164 e. The van der Waals surface area contributed by atoms with Crippen molar-refractivity contribution in [2.75, 3.05) is 0 Å². The number of hydrogen-bond donors (Lipinski definition) is 0. The summed E-state index contributed by atoms with van der Waals surface area (Å²) in [4.78, 5) is 15.0. The van der Waals surface area contributed by atoms with E-state index in [4.69, 9.17) is 19.4 Å². The van der Waals surface area contributed by atoms with Crippen molar-refractivity contribution in [3.63, 3.8) is 0 Å². The van der Waals surface area contributed by atoms with E-state index in [1.807, 2.05) is 72.8 Å². The monoisotopic (exact) mass is 675 g/mol. The molecule has 11 aromatic rings. The molecule has 0 unspecified atom stereocenters. The molecule has 0 amide bonds. The van der Waals surface area contributed by atoms with Gasteiger partial charge in [-0.15, -0.1) is 0 Å². The van der Waals surface area contributed by atoms with E-state index >= 15 is 0 Å². The predicted molar refractivity (Wildman–Crippen MR) is 219 cm³/mol. The van der Waals surface area contributed by atoms with Crippen LogP contribution in [0.5, 0.6) is 0 Å². The first kappa shape index (κ1) is 29.5. The molecule has 0 atom stereocenters. The van der Waals surface area contributed by atoms with Crippen LogP contribution in [0.2, 0.25) is 0 Å². The third kappa shape index (κ3) is 4.73. The van der Waals surface area contributed by atoms with E-state index in [1.165, 1.54) is 26.9 Å². The summed E-state index contributed by atoms with van der Waals surface area (Å²) >= 11 is 0. The number of para-hydroxylation sites is 1. The van der Waals surface area contributed by atoms with E-state index in [9.17, 15) is 0 Å². The van der Waals surface area contributed by atoms with Crippen LogP contribution in [0.1, 0.15) is 0 Å².